The van der Waals surface area contributed by atoms with E-state index in [1.165, 1.54) is 6.07 Å². The molecule has 1 aromatic carbocycles. The number of carbonyl (C=O) groups is 1. The first-order valence-corrected chi connectivity index (χ1v) is 5.92. The molecule has 0 spiro atoms. The Balaban J connectivity index is 1.95. The van der Waals surface area contributed by atoms with Gasteiger partial charge in [-0.1, -0.05) is 15.9 Å². The summed E-state index contributed by atoms with van der Waals surface area (Å²) >= 11 is 3.02. The van der Waals surface area contributed by atoms with Crippen molar-refractivity contribution < 1.29 is 18.3 Å². The Bertz CT molecular complexity index is 449. The van der Waals surface area contributed by atoms with Gasteiger partial charge >= 0.3 is 0 Å². The van der Waals surface area contributed by atoms with Crippen molar-refractivity contribution in [3.05, 3.63) is 28.2 Å². The molecule has 92 valence electrons. The second-order valence-corrected chi connectivity index (χ2v) is 4.75. The van der Waals surface area contributed by atoms with E-state index in [0.717, 1.165) is 18.9 Å². The summed E-state index contributed by atoms with van der Waals surface area (Å²) in [5.74, 6) is -2.71. The maximum atomic E-state index is 13.3. The van der Waals surface area contributed by atoms with E-state index in [0.29, 0.717) is 4.47 Å². The number of halogens is 3. The van der Waals surface area contributed by atoms with Crippen LogP contribution in [-0.2, 0) is 4.79 Å². The molecule has 0 unspecified atom stereocenters. The Morgan fingerprint density at radius 1 is 1.47 bits per heavy atom. The standard InChI is InChI=1S/C11H10BrF2NO2/c12-6-3-8(13)11(14)9(4-6)17-5-10(16)15-7-1-2-7/h3-4,7H,1-2,5H2,(H,15,16). The number of carbonyl (C=O) groups excluding carboxylic acids is 1. The SMILES string of the molecule is O=C(COc1cc(Br)cc(F)c1F)NC1CC1. The van der Waals surface area contributed by atoms with Gasteiger partial charge in [0, 0.05) is 10.5 Å². The molecule has 0 bridgehead atoms. The summed E-state index contributed by atoms with van der Waals surface area (Å²) in [6.07, 6.45) is 1.93. The van der Waals surface area contributed by atoms with Crippen LogP contribution in [0, 0.1) is 11.6 Å². The van der Waals surface area contributed by atoms with Gasteiger partial charge in [-0.2, -0.15) is 4.39 Å². The van der Waals surface area contributed by atoms with Gasteiger partial charge in [0.05, 0.1) is 0 Å². The largest absolute Gasteiger partial charge is 0.481 e. The minimum absolute atomic E-state index is 0.218. The van der Waals surface area contributed by atoms with Crippen LogP contribution in [-0.4, -0.2) is 18.6 Å². The molecule has 1 aromatic rings. The second-order valence-electron chi connectivity index (χ2n) is 3.83. The fraction of sp³-hybridized carbons (Fsp3) is 0.364. The smallest absolute Gasteiger partial charge is 0.258 e. The highest BCUT2D eigenvalue weighted by atomic mass is 79.9. The lowest BCUT2D eigenvalue weighted by Gasteiger charge is -2.08. The van der Waals surface area contributed by atoms with Gasteiger partial charge in [0.15, 0.2) is 18.2 Å². The summed E-state index contributed by atoms with van der Waals surface area (Å²) in [7, 11) is 0. The van der Waals surface area contributed by atoms with Crippen molar-refractivity contribution in [2.75, 3.05) is 6.61 Å². The van der Waals surface area contributed by atoms with Crippen LogP contribution < -0.4 is 10.1 Å². The molecule has 0 aromatic heterocycles. The zero-order valence-corrected chi connectivity index (χ0v) is 10.4. The lowest BCUT2D eigenvalue weighted by Crippen LogP contribution is -2.30. The van der Waals surface area contributed by atoms with Crippen LogP contribution in [0.4, 0.5) is 8.78 Å². The quantitative estimate of drug-likeness (QED) is 0.868. The van der Waals surface area contributed by atoms with Crippen molar-refractivity contribution in [2.45, 2.75) is 18.9 Å². The van der Waals surface area contributed by atoms with Crippen molar-refractivity contribution in [1.29, 1.82) is 0 Å². The highest BCUT2D eigenvalue weighted by Gasteiger charge is 2.23. The van der Waals surface area contributed by atoms with Crippen LogP contribution in [0.3, 0.4) is 0 Å². The van der Waals surface area contributed by atoms with Crippen molar-refractivity contribution >= 4 is 21.8 Å². The Morgan fingerprint density at radius 2 is 2.18 bits per heavy atom. The van der Waals surface area contributed by atoms with Gasteiger partial charge in [0.25, 0.3) is 5.91 Å². The van der Waals surface area contributed by atoms with E-state index in [1.807, 2.05) is 0 Å². The molecule has 1 N–H and O–H groups in total. The Kier molecular flexibility index (Phi) is 3.61. The van der Waals surface area contributed by atoms with Crippen LogP contribution in [0.2, 0.25) is 0 Å². The van der Waals surface area contributed by atoms with E-state index in [1.54, 1.807) is 0 Å². The second kappa shape index (κ2) is 5.00. The Hall–Kier alpha value is -1.17. The summed E-state index contributed by atoms with van der Waals surface area (Å²) in [6, 6.07) is 2.49. The first kappa shape index (κ1) is 12.3. The van der Waals surface area contributed by atoms with Crippen LogP contribution in [0.1, 0.15) is 12.8 Å². The fourth-order valence-electron chi connectivity index (χ4n) is 1.28. The number of amides is 1. The predicted octanol–water partition coefficient (Wildman–Crippen LogP) is 2.38. The predicted molar refractivity (Wildman–Crippen MR) is 60.7 cm³/mol. The molecule has 2 rings (SSSR count). The van der Waals surface area contributed by atoms with E-state index in [9.17, 15) is 13.6 Å². The summed E-state index contributed by atoms with van der Waals surface area (Å²) in [4.78, 5) is 11.3. The first-order valence-electron chi connectivity index (χ1n) is 5.13. The molecular formula is C11H10BrF2NO2. The van der Waals surface area contributed by atoms with Crippen LogP contribution in [0.5, 0.6) is 5.75 Å². The minimum atomic E-state index is -1.09. The van der Waals surface area contributed by atoms with Crippen LogP contribution >= 0.6 is 15.9 Å². The number of benzene rings is 1. The monoisotopic (exact) mass is 305 g/mol. The number of rotatable bonds is 4. The fourth-order valence-corrected chi connectivity index (χ4v) is 1.69. The molecule has 0 radical (unpaired) electrons. The van der Waals surface area contributed by atoms with Crippen molar-refractivity contribution in [2.24, 2.45) is 0 Å². The average Bonchev–Trinajstić information content (AvgIpc) is 3.05. The van der Waals surface area contributed by atoms with E-state index < -0.39 is 11.6 Å². The number of nitrogens with one attached hydrogen (secondary N) is 1. The number of ether oxygens (including phenoxy) is 1. The molecule has 0 atom stereocenters. The third kappa shape index (κ3) is 3.39. The summed E-state index contributed by atoms with van der Waals surface area (Å²) < 4.78 is 31.5. The van der Waals surface area contributed by atoms with Gasteiger partial charge in [-0.3, -0.25) is 4.79 Å². The van der Waals surface area contributed by atoms with Gasteiger partial charge < -0.3 is 10.1 Å². The highest BCUT2D eigenvalue weighted by molar-refractivity contribution is 9.10. The molecule has 1 aliphatic carbocycles. The maximum absolute atomic E-state index is 13.3. The maximum Gasteiger partial charge on any atom is 0.258 e. The summed E-state index contributed by atoms with van der Waals surface area (Å²) in [5.41, 5.74) is 0. The van der Waals surface area contributed by atoms with Crippen molar-refractivity contribution in [3.63, 3.8) is 0 Å². The Morgan fingerprint density at radius 3 is 2.82 bits per heavy atom. The lowest BCUT2D eigenvalue weighted by atomic mass is 10.3. The van der Waals surface area contributed by atoms with Gasteiger partial charge in [-0.05, 0) is 25.0 Å². The van der Waals surface area contributed by atoms with E-state index in [2.05, 4.69) is 21.2 Å². The van der Waals surface area contributed by atoms with Crippen LogP contribution in [0.15, 0.2) is 16.6 Å². The third-order valence-corrected chi connectivity index (χ3v) is 2.72. The van der Waals surface area contributed by atoms with Gasteiger partial charge in [-0.25, -0.2) is 4.39 Å². The minimum Gasteiger partial charge on any atom is -0.481 e. The summed E-state index contributed by atoms with van der Waals surface area (Å²) in [5, 5.41) is 2.68. The van der Waals surface area contributed by atoms with Gasteiger partial charge in [-0.15, -0.1) is 0 Å². The van der Waals surface area contributed by atoms with Gasteiger partial charge in [0.1, 0.15) is 0 Å². The third-order valence-electron chi connectivity index (χ3n) is 2.26. The average molecular weight is 306 g/mol. The van der Waals surface area contributed by atoms with Crippen molar-refractivity contribution in [1.82, 2.24) is 5.32 Å². The van der Waals surface area contributed by atoms with Crippen molar-refractivity contribution in [3.8, 4) is 5.75 Å². The summed E-state index contributed by atoms with van der Waals surface area (Å²) in [6.45, 7) is -0.316. The zero-order chi connectivity index (χ0) is 12.4. The van der Waals surface area contributed by atoms with E-state index >= 15 is 0 Å². The molecule has 3 nitrogen and oxygen atoms in total. The molecule has 0 heterocycles. The molecule has 0 saturated heterocycles. The molecular weight excluding hydrogens is 296 g/mol. The molecule has 1 saturated carbocycles. The number of hydrogen-bond donors (Lipinski definition) is 1. The normalized spacial score (nSPS) is 14.5. The molecule has 1 fully saturated rings. The first-order chi connectivity index (χ1) is 8.06. The molecule has 1 aliphatic rings. The topological polar surface area (TPSA) is 38.3 Å². The molecule has 6 heteroatoms. The zero-order valence-electron chi connectivity index (χ0n) is 8.80. The van der Waals surface area contributed by atoms with E-state index in [-0.39, 0.29) is 24.3 Å². The molecule has 17 heavy (non-hydrogen) atoms. The lowest BCUT2D eigenvalue weighted by molar-refractivity contribution is -0.123. The molecule has 1 amide bonds. The van der Waals surface area contributed by atoms with Gasteiger partial charge in [0.2, 0.25) is 5.82 Å². The number of hydrogen-bond acceptors (Lipinski definition) is 2. The van der Waals surface area contributed by atoms with E-state index in [4.69, 9.17) is 4.74 Å². The van der Waals surface area contributed by atoms with Crippen LogP contribution in [0.25, 0.3) is 0 Å². The molecule has 0 aliphatic heterocycles. The highest BCUT2D eigenvalue weighted by Crippen LogP contribution is 2.25. The Labute approximate surface area is 105 Å².